The lowest BCUT2D eigenvalue weighted by atomic mass is 10.0. The van der Waals surface area contributed by atoms with Crippen LogP contribution in [0.5, 0.6) is 0 Å². The van der Waals surface area contributed by atoms with E-state index >= 15 is 0 Å². The maximum Gasteiger partial charge on any atom is 0.275 e. The molecule has 1 amide bonds. The van der Waals surface area contributed by atoms with Gasteiger partial charge >= 0.3 is 0 Å². The van der Waals surface area contributed by atoms with Crippen LogP contribution in [-0.4, -0.2) is 35.1 Å². The van der Waals surface area contributed by atoms with E-state index in [0.29, 0.717) is 11.4 Å². The molecule has 1 fully saturated rings. The van der Waals surface area contributed by atoms with Crippen molar-refractivity contribution < 1.29 is 9.90 Å². The zero-order valence-electron chi connectivity index (χ0n) is 10.3. The van der Waals surface area contributed by atoms with Crippen LogP contribution < -0.4 is 11.3 Å². The number of aliphatic hydroxyl groups is 1. The zero-order valence-corrected chi connectivity index (χ0v) is 11.1. The average Bonchev–Trinajstić information content (AvgIpc) is 2.86. The minimum Gasteiger partial charge on any atom is -0.395 e. The van der Waals surface area contributed by atoms with Crippen molar-refractivity contribution in [3.05, 3.63) is 21.9 Å². The maximum atomic E-state index is 11.6. The molecule has 2 rings (SSSR count). The normalized spacial score (nSPS) is 20.9. The largest absolute Gasteiger partial charge is 0.395 e. The Balaban J connectivity index is 2.08. The molecule has 100 valence electrons. The molecule has 1 saturated heterocycles. The first-order valence-corrected chi connectivity index (χ1v) is 7.06. The average molecular weight is 269 g/mol. The first-order valence-electron chi connectivity index (χ1n) is 6.18. The molecule has 0 bridgehead atoms. The Hall–Kier alpha value is -0.950. The Labute approximate surface area is 111 Å². The summed E-state index contributed by atoms with van der Waals surface area (Å²) >= 11 is 1.40. The van der Waals surface area contributed by atoms with Gasteiger partial charge in [-0.1, -0.05) is 6.42 Å². The molecule has 2 heterocycles. The third-order valence-corrected chi connectivity index (χ3v) is 4.37. The summed E-state index contributed by atoms with van der Waals surface area (Å²) in [6.07, 6.45) is 3.35. The number of nitrogens with one attached hydrogen (secondary N) is 1. The van der Waals surface area contributed by atoms with E-state index in [-0.39, 0.29) is 18.6 Å². The number of amides is 1. The number of nitrogens with zero attached hydrogens (tertiary/aromatic N) is 1. The number of rotatable bonds is 4. The van der Waals surface area contributed by atoms with Gasteiger partial charge in [-0.3, -0.25) is 15.1 Å². The Morgan fingerprint density at radius 1 is 1.61 bits per heavy atom. The maximum absolute atomic E-state index is 11.6. The Morgan fingerprint density at radius 3 is 3.17 bits per heavy atom. The molecule has 0 aromatic carbocycles. The number of carbonyl (C=O) groups excluding carboxylic acids is 1. The lowest BCUT2D eigenvalue weighted by molar-refractivity contribution is 0.0832. The number of aliphatic hydroxyl groups excluding tert-OH is 1. The molecule has 0 spiro atoms. The second-order valence-electron chi connectivity index (χ2n) is 4.55. The molecule has 1 aliphatic heterocycles. The van der Waals surface area contributed by atoms with Crippen molar-refractivity contribution in [1.29, 1.82) is 0 Å². The third-order valence-electron chi connectivity index (χ3n) is 3.42. The summed E-state index contributed by atoms with van der Waals surface area (Å²) in [4.78, 5) is 14.5. The van der Waals surface area contributed by atoms with Gasteiger partial charge in [-0.15, -0.1) is 11.3 Å². The molecule has 1 unspecified atom stereocenters. The van der Waals surface area contributed by atoms with Gasteiger partial charge in [0.15, 0.2) is 0 Å². The fourth-order valence-electron chi connectivity index (χ4n) is 2.42. The number of thiophene rings is 1. The Kier molecular flexibility index (Phi) is 4.71. The number of piperidine rings is 1. The van der Waals surface area contributed by atoms with Crippen molar-refractivity contribution >= 4 is 17.2 Å². The number of nitrogen functional groups attached to an aromatic ring is 1. The predicted molar refractivity (Wildman–Crippen MR) is 71.1 cm³/mol. The molecule has 1 aromatic rings. The van der Waals surface area contributed by atoms with Crippen molar-refractivity contribution in [3.8, 4) is 0 Å². The third kappa shape index (κ3) is 2.89. The molecule has 4 N–H and O–H groups in total. The lowest BCUT2D eigenvalue weighted by Crippen LogP contribution is -2.41. The Bertz CT molecular complexity index is 408. The van der Waals surface area contributed by atoms with Crippen LogP contribution in [0, 0.1) is 0 Å². The van der Waals surface area contributed by atoms with E-state index in [2.05, 4.69) is 10.3 Å². The van der Waals surface area contributed by atoms with Crippen molar-refractivity contribution in [1.82, 2.24) is 10.3 Å². The standard InChI is InChI=1S/C12H19N3O2S/c13-14-12(17)11-9(4-6-18-11)7-15-5-2-1-3-10(15)8-16/h4,6,10,16H,1-3,5,7-8,13H2,(H,14,17). The van der Waals surface area contributed by atoms with E-state index < -0.39 is 0 Å². The van der Waals surface area contributed by atoms with Crippen LogP contribution in [0.1, 0.15) is 34.5 Å². The predicted octanol–water partition coefficient (Wildman–Crippen LogP) is 0.698. The fourth-order valence-corrected chi connectivity index (χ4v) is 3.24. The summed E-state index contributed by atoms with van der Waals surface area (Å²) in [6.45, 7) is 1.87. The molecule has 0 aliphatic carbocycles. The number of hydrogen-bond acceptors (Lipinski definition) is 5. The van der Waals surface area contributed by atoms with Crippen LogP contribution >= 0.6 is 11.3 Å². The minimum absolute atomic E-state index is 0.183. The summed E-state index contributed by atoms with van der Waals surface area (Å²) < 4.78 is 0. The van der Waals surface area contributed by atoms with Crippen molar-refractivity contribution in [2.45, 2.75) is 31.8 Å². The van der Waals surface area contributed by atoms with Crippen LogP contribution in [0.4, 0.5) is 0 Å². The van der Waals surface area contributed by atoms with E-state index in [9.17, 15) is 9.90 Å². The smallest absolute Gasteiger partial charge is 0.275 e. The minimum atomic E-state index is -0.238. The second kappa shape index (κ2) is 6.29. The fraction of sp³-hybridized carbons (Fsp3) is 0.583. The van der Waals surface area contributed by atoms with Gasteiger partial charge in [-0.05, 0) is 36.4 Å². The molecule has 1 atom stereocenters. The summed E-state index contributed by atoms with van der Waals surface area (Å²) in [5.41, 5.74) is 3.16. The summed E-state index contributed by atoms with van der Waals surface area (Å²) in [7, 11) is 0. The molecule has 18 heavy (non-hydrogen) atoms. The molecule has 0 saturated carbocycles. The lowest BCUT2D eigenvalue weighted by Gasteiger charge is -2.34. The Morgan fingerprint density at radius 2 is 2.44 bits per heavy atom. The highest BCUT2D eigenvalue weighted by Crippen LogP contribution is 2.23. The van der Waals surface area contributed by atoms with Crippen LogP contribution in [0.15, 0.2) is 11.4 Å². The molecular weight excluding hydrogens is 250 g/mol. The quantitative estimate of drug-likeness (QED) is 0.427. The number of hydrazine groups is 1. The topological polar surface area (TPSA) is 78.6 Å². The molecule has 5 nitrogen and oxygen atoms in total. The van der Waals surface area contributed by atoms with Gasteiger partial charge < -0.3 is 5.11 Å². The van der Waals surface area contributed by atoms with Gasteiger partial charge in [0, 0.05) is 12.6 Å². The van der Waals surface area contributed by atoms with Gasteiger partial charge in [0.25, 0.3) is 5.91 Å². The van der Waals surface area contributed by atoms with E-state index in [1.807, 2.05) is 11.4 Å². The number of nitrogens with two attached hydrogens (primary N) is 1. The zero-order chi connectivity index (χ0) is 13.0. The number of carbonyl (C=O) groups is 1. The molecule has 1 aromatic heterocycles. The molecule has 0 radical (unpaired) electrons. The number of likely N-dealkylation sites (tertiary alicyclic amines) is 1. The van der Waals surface area contributed by atoms with Crippen LogP contribution in [0.3, 0.4) is 0 Å². The van der Waals surface area contributed by atoms with Crippen molar-refractivity contribution in [2.75, 3.05) is 13.2 Å². The molecule has 1 aliphatic rings. The first kappa shape index (κ1) is 13.5. The van der Waals surface area contributed by atoms with Crippen molar-refractivity contribution in [3.63, 3.8) is 0 Å². The summed E-state index contributed by atoms with van der Waals surface area (Å²) in [6, 6.07) is 2.17. The van der Waals surface area contributed by atoms with E-state index in [0.717, 1.165) is 24.9 Å². The van der Waals surface area contributed by atoms with E-state index in [1.54, 1.807) is 0 Å². The summed E-state index contributed by atoms with van der Waals surface area (Å²) in [5.74, 6) is 4.93. The van der Waals surface area contributed by atoms with Crippen LogP contribution in [-0.2, 0) is 6.54 Å². The van der Waals surface area contributed by atoms with Gasteiger partial charge in [0.05, 0.1) is 11.5 Å². The first-order chi connectivity index (χ1) is 8.76. The molecular formula is C12H19N3O2S. The van der Waals surface area contributed by atoms with Gasteiger partial charge in [-0.2, -0.15) is 0 Å². The van der Waals surface area contributed by atoms with Crippen LogP contribution in [0.2, 0.25) is 0 Å². The van der Waals surface area contributed by atoms with Gasteiger partial charge in [-0.25, -0.2) is 5.84 Å². The van der Waals surface area contributed by atoms with E-state index in [4.69, 9.17) is 5.84 Å². The monoisotopic (exact) mass is 269 g/mol. The van der Waals surface area contributed by atoms with Crippen LogP contribution in [0.25, 0.3) is 0 Å². The highest BCUT2D eigenvalue weighted by molar-refractivity contribution is 7.12. The second-order valence-corrected chi connectivity index (χ2v) is 5.47. The van der Waals surface area contributed by atoms with E-state index in [1.165, 1.54) is 17.8 Å². The number of hydrogen-bond donors (Lipinski definition) is 3. The van der Waals surface area contributed by atoms with Gasteiger partial charge in [0.1, 0.15) is 0 Å². The highest BCUT2D eigenvalue weighted by Gasteiger charge is 2.23. The summed E-state index contributed by atoms with van der Waals surface area (Å²) in [5, 5.41) is 11.3. The van der Waals surface area contributed by atoms with Gasteiger partial charge in [0.2, 0.25) is 0 Å². The SMILES string of the molecule is NNC(=O)c1sccc1CN1CCCCC1CO. The molecule has 6 heteroatoms. The highest BCUT2D eigenvalue weighted by atomic mass is 32.1. The van der Waals surface area contributed by atoms with Crippen molar-refractivity contribution in [2.24, 2.45) is 5.84 Å².